The Morgan fingerprint density at radius 2 is 1.90 bits per heavy atom. The third-order valence-electron chi connectivity index (χ3n) is 3.59. The smallest absolute Gasteiger partial charge is 0.179 e. The van der Waals surface area contributed by atoms with E-state index in [2.05, 4.69) is 6.07 Å². The summed E-state index contributed by atoms with van der Waals surface area (Å²) in [5, 5.41) is 8.92. The summed E-state index contributed by atoms with van der Waals surface area (Å²) >= 11 is 0. The Kier molecular flexibility index (Phi) is 4.86. The lowest BCUT2D eigenvalue weighted by atomic mass is 10.0. The summed E-state index contributed by atoms with van der Waals surface area (Å²) in [4.78, 5) is 14.4. The number of nitriles is 1. The highest BCUT2D eigenvalue weighted by atomic mass is 16.1. The first kappa shape index (κ1) is 15.0. The minimum absolute atomic E-state index is 0.106. The van der Waals surface area contributed by atoms with E-state index in [4.69, 9.17) is 5.26 Å². The van der Waals surface area contributed by atoms with E-state index in [0.717, 1.165) is 11.1 Å². The average Bonchev–Trinajstić information content (AvgIpc) is 2.54. The van der Waals surface area contributed by atoms with Crippen LogP contribution in [0.1, 0.15) is 28.4 Å². The van der Waals surface area contributed by atoms with Crippen LogP contribution in [0.25, 0.3) is 0 Å². The maximum atomic E-state index is 12.4. The second-order valence-corrected chi connectivity index (χ2v) is 5.13. The quantitative estimate of drug-likeness (QED) is 0.788. The number of hydrogen-bond donors (Lipinski definition) is 0. The van der Waals surface area contributed by atoms with Gasteiger partial charge in [0.15, 0.2) is 5.78 Å². The second kappa shape index (κ2) is 6.83. The Morgan fingerprint density at radius 3 is 2.57 bits per heavy atom. The number of carbonyl (C=O) groups excluding carboxylic acids is 1. The van der Waals surface area contributed by atoms with E-state index in [1.54, 1.807) is 6.07 Å². The number of hydrogen-bond acceptors (Lipinski definition) is 3. The molecule has 0 saturated heterocycles. The Bertz CT molecular complexity index is 658. The van der Waals surface area contributed by atoms with Crippen LogP contribution in [0.15, 0.2) is 54.6 Å². The first-order valence-electron chi connectivity index (χ1n) is 6.90. The highest BCUT2D eigenvalue weighted by molar-refractivity contribution is 5.99. The van der Waals surface area contributed by atoms with Crippen molar-refractivity contribution in [2.24, 2.45) is 0 Å². The SMILES string of the molecule is CC(C(=O)c1ccccc1)N(C)Cc1cccc(C#N)c1. The molecule has 0 bridgehead atoms. The molecule has 0 aliphatic carbocycles. The molecule has 0 saturated carbocycles. The molecule has 0 radical (unpaired) electrons. The lowest BCUT2D eigenvalue weighted by Crippen LogP contribution is -2.35. The summed E-state index contributed by atoms with van der Waals surface area (Å²) < 4.78 is 0. The van der Waals surface area contributed by atoms with Gasteiger partial charge >= 0.3 is 0 Å². The summed E-state index contributed by atoms with van der Waals surface area (Å²) in [6.07, 6.45) is 0. The van der Waals surface area contributed by atoms with Gasteiger partial charge in [-0.25, -0.2) is 0 Å². The molecule has 2 aromatic carbocycles. The fourth-order valence-corrected chi connectivity index (χ4v) is 2.21. The molecule has 0 aromatic heterocycles. The van der Waals surface area contributed by atoms with Crippen molar-refractivity contribution in [1.82, 2.24) is 4.90 Å². The van der Waals surface area contributed by atoms with Crippen molar-refractivity contribution >= 4 is 5.78 Å². The molecule has 0 aliphatic heterocycles. The maximum absolute atomic E-state index is 12.4. The molecule has 0 amide bonds. The summed E-state index contributed by atoms with van der Waals surface area (Å²) in [6.45, 7) is 2.54. The molecule has 0 spiro atoms. The molecular weight excluding hydrogens is 260 g/mol. The molecule has 106 valence electrons. The van der Waals surface area contributed by atoms with Crippen LogP contribution in [-0.2, 0) is 6.54 Å². The Labute approximate surface area is 125 Å². The van der Waals surface area contributed by atoms with Gasteiger partial charge in [0.05, 0.1) is 17.7 Å². The van der Waals surface area contributed by atoms with E-state index >= 15 is 0 Å². The normalized spacial score (nSPS) is 11.9. The van der Waals surface area contributed by atoms with E-state index in [9.17, 15) is 4.79 Å². The van der Waals surface area contributed by atoms with Crippen LogP contribution in [0.4, 0.5) is 0 Å². The Morgan fingerprint density at radius 1 is 1.19 bits per heavy atom. The highest BCUT2D eigenvalue weighted by Crippen LogP contribution is 2.12. The van der Waals surface area contributed by atoms with Crippen molar-refractivity contribution < 1.29 is 4.79 Å². The molecule has 1 atom stereocenters. The Hall–Kier alpha value is -2.44. The second-order valence-electron chi connectivity index (χ2n) is 5.13. The summed E-state index contributed by atoms with van der Waals surface area (Å²) in [5.41, 5.74) is 2.40. The van der Waals surface area contributed by atoms with Crippen molar-refractivity contribution in [2.75, 3.05) is 7.05 Å². The van der Waals surface area contributed by atoms with Gasteiger partial charge in [0.2, 0.25) is 0 Å². The predicted molar refractivity (Wildman–Crippen MR) is 82.9 cm³/mol. The van der Waals surface area contributed by atoms with Gasteiger partial charge in [-0.3, -0.25) is 9.69 Å². The lowest BCUT2D eigenvalue weighted by Gasteiger charge is -2.23. The molecule has 21 heavy (non-hydrogen) atoms. The molecule has 0 aliphatic rings. The number of carbonyl (C=O) groups is 1. The maximum Gasteiger partial charge on any atom is 0.179 e. The average molecular weight is 278 g/mol. The van der Waals surface area contributed by atoms with Gasteiger partial charge in [0.25, 0.3) is 0 Å². The van der Waals surface area contributed by atoms with Gasteiger partial charge in [-0.1, -0.05) is 42.5 Å². The van der Waals surface area contributed by atoms with Gasteiger partial charge in [0, 0.05) is 12.1 Å². The number of benzene rings is 2. The van der Waals surface area contributed by atoms with Crippen LogP contribution < -0.4 is 0 Å². The zero-order chi connectivity index (χ0) is 15.2. The molecule has 0 N–H and O–H groups in total. The fraction of sp³-hybridized carbons (Fsp3) is 0.222. The molecule has 2 aromatic rings. The van der Waals surface area contributed by atoms with Crippen molar-refractivity contribution in [3.63, 3.8) is 0 Å². The van der Waals surface area contributed by atoms with Crippen LogP contribution >= 0.6 is 0 Å². The Balaban J connectivity index is 2.07. The van der Waals surface area contributed by atoms with Gasteiger partial charge in [-0.05, 0) is 31.7 Å². The van der Waals surface area contributed by atoms with Crippen LogP contribution in [0, 0.1) is 11.3 Å². The van der Waals surface area contributed by atoms with Crippen molar-refractivity contribution in [1.29, 1.82) is 5.26 Å². The molecule has 3 heteroatoms. The third-order valence-corrected chi connectivity index (χ3v) is 3.59. The van der Waals surface area contributed by atoms with Crippen LogP contribution in [0.2, 0.25) is 0 Å². The largest absolute Gasteiger partial charge is 0.292 e. The number of ketones is 1. The minimum atomic E-state index is -0.210. The zero-order valence-corrected chi connectivity index (χ0v) is 12.3. The predicted octanol–water partition coefficient (Wildman–Crippen LogP) is 3.26. The van der Waals surface area contributed by atoms with Gasteiger partial charge < -0.3 is 0 Å². The highest BCUT2D eigenvalue weighted by Gasteiger charge is 2.19. The van der Waals surface area contributed by atoms with Crippen molar-refractivity contribution in [3.05, 3.63) is 71.3 Å². The standard InChI is InChI=1S/C18H18N2O/c1-14(18(21)17-9-4-3-5-10-17)20(2)13-16-8-6-7-15(11-16)12-19/h3-11,14H,13H2,1-2H3. The van der Waals surface area contributed by atoms with Crippen LogP contribution in [0.3, 0.4) is 0 Å². The first-order chi connectivity index (χ1) is 10.1. The van der Waals surface area contributed by atoms with E-state index < -0.39 is 0 Å². The zero-order valence-electron chi connectivity index (χ0n) is 12.3. The van der Waals surface area contributed by atoms with E-state index in [-0.39, 0.29) is 11.8 Å². The third kappa shape index (κ3) is 3.77. The van der Waals surface area contributed by atoms with E-state index in [1.807, 2.05) is 67.4 Å². The fourth-order valence-electron chi connectivity index (χ4n) is 2.21. The molecule has 0 fully saturated rings. The summed E-state index contributed by atoms with van der Waals surface area (Å²) in [7, 11) is 1.92. The summed E-state index contributed by atoms with van der Waals surface area (Å²) in [5.74, 6) is 0.106. The van der Waals surface area contributed by atoms with Crippen LogP contribution in [-0.4, -0.2) is 23.8 Å². The monoisotopic (exact) mass is 278 g/mol. The molecular formula is C18H18N2O. The lowest BCUT2D eigenvalue weighted by molar-refractivity contribution is 0.0862. The van der Waals surface area contributed by atoms with E-state index in [1.165, 1.54) is 0 Å². The minimum Gasteiger partial charge on any atom is -0.292 e. The van der Waals surface area contributed by atoms with Crippen LogP contribution in [0.5, 0.6) is 0 Å². The van der Waals surface area contributed by atoms with Gasteiger partial charge in [0.1, 0.15) is 0 Å². The van der Waals surface area contributed by atoms with E-state index in [0.29, 0.717) is 12.1 Å². The van der Waals surface area contributed by atoms with Crippen molar-refractivity contribution in [2.45, 2.75) is 19.5 Å². The molecule has 1 unspecified atom stereocenters. The number of likely N-dealkylation sites (N-methyl/N-ethyl adjacent to an activating group) is 1. The number of Topliss-reactive ketones (excluding diaryl/α,β-unsaturated/α-hetero) is 1. The van der Waals surface area contributed by atoms with Gasteiger partial charge in [-0.15, -0.1) is 0 Å². The van der Waals surface area contributed by atoms with Crippen molar-refractivity contribution in [3.8, 4) is 6.07 Å². The number of nitrogens with zero attached hydrogens (tertiary/aromatic N) is 2. The molecule has 2 rings (SSSR count). The molecule has 3 nitrogen and oxygen atoms in total. The molecule has 0 heterocycles. The van der Waals surface area contributed by atoms with Gasteiger partial charge in [-0.2, -0.15) is 5.26 Å². The number of rotatable bonds is 5. The topological polar surface area (TPSA) is 44.1 Å². The summed E-state index contributed by atoms with van der Waals surface area (Å²) in [6, 6.07) is 18.7. The first-order valence-corrected chi connectivity index (χ1v) is 6.90.